The van der Waals surface area contributed by atoms with Crippen LogP contribution in [0.5, 0.6) is 0 Å². The van der Waals surface area contributed by atoms with Crippen molar-refractivity contribution < 1.29 is 13.2 Å². The van der Waals surface area contributed by atoms with Gasteiger partial charge in [0.2, 0.25) is 10.0 Å². The Labute approximate surface area is 151 Å². The number of sulfonamides is 1. The topological polar surface area (TPSA) is 69.7 Å². The molecule has 1 fully saturated rings. The minimum absolute atomic E-state index is 0.0924. The van der Waals surface area contributed by atoms with Crippen LogP contribution in [0.3, 0.4) is 0 Å². The second-order valence-corrected chi connectivity index (χ2v) is 8.47. The highest BCUT2D eigenvalue weighted by Gasteiger charge is 2.26. The molecule has 0 aliphatic carbocycles. The zero-order valence-electron chi connectivity index (χ0n) is 15.0. The molecular formula is C18H29N3O3S. The van der Waals surface area contributed by atoms with E-state index in [9.17, 15) is 13.2 Å². The van der Waals surface area contributed by atoms with Crippen molar-refractivity contribution in [2.75, 3.05) is 38.5 Å². The molecule has 0 radical (unpaired) electrons. The zero-order chi connectivity index (χ0) is 18.1. The zero-order valence-corrected chi connectivity index (χ0v) is 15.8. The molecule has 1 saturated heterocycles. The standard InChI is InChI=1S/C18H29N3O3S/c1-2-11-19-18(22)20-12-7-13-21(15-14-20)25(23,24)16-6-10-17-8-4-3-5-9-17/h3-5,8-9H,2,6-7,10-16H2,1H3,(H,19,22). The van der Waals surface area contributed by atoms with Crippen LogP contribution in [0.25, 0.3) is 0 Å². The number of amides is 2. The van der Waals surface area contributed by atoms with Gasteiger partial charge in [-0.15, -0.1) is 0 Å². The van der Waals surface area contributed by atoms with Crippen LogP contribution >= 0.6 is 0 Å². The Morgan fingerprint density at radius 3 is 2.60 bits per heavy atom. The van der Waals surface area contributed by atoms with Crippen molar-refractivity contribution in [3.8, 4) is 0 Å². The molecule has 0 spiro atoms. The Kier molecular flexibility index (Phi) is 7.71. The molecule has 1 aromatic carbocycles. The van der Waals surface area contributed by atoms with E-state index in [4.69, 9.17) is 0 Å². The number of hydrogen-bond donors (Lipinski definition) is 1. The summed E-state index contributed by atoms with van der Waals surface area (Å²) in [4.78, 5) is 13.8. The molecule has 140 valence electrons. The van der Waals surface area contributed by atoms with Crippen molar-refractivity contribution in [1.29, 1.82) is 0 Å². The molecule has 0 unspecified atom stereocenters. The fourth-order valence-corrected chi connectivity index (χ4v) is 4.49. The summed E-state index contributed by atoms with van der Waals surface area (Å²) in [6.07, 6.45) is 2.95. The van der Waals surface area contributed by atoms with Crippen LogP contribution in [0.15, 0.2) is 30.3 Å². The van der Waals surface area contributed by atoms with Gasteiger partial charge in [-0.1, -0.05) is 37.3 Å². The molecular weight excluding hydrogens is 338 g/mol. The Morgan fingerprint density at radius 1 is 1.12 bits per heavy atom. The van der Waals surface area contributed by atoms with Gasteiger partial charge in [-0.2, -0.15) is 0 Å². The average molecular weight is 368 g/mol. The summed E-state index contributed by atoms with van der Waals surface area (Å²) in [6, 6.07) is 9.84. The number of hydrogen-bond acceptors (Lipinski definition) is 3. The SMILES string of the molecule is CCCNC(=O)N1CCCN(S(=O)(=O)CCCc2ccccc2)CC1. The molecule has 0 saturated carbocycles. The first-order valence-corrected chi connectivity index (χ1v) is 10.7. The van der Waals surface area contributed by atoms with Crippen LogP contribution in [-0.4, -0.2) is 62.1 Å². The minimum Gasteiger partial charge on any atom is -0.338 e. The lowest BCUT2D eigenvalue weighted by Crippen LogP contribution is -2.43. The molecule has 2 rings (SSSR count). The third-order valence-corrected chi connectivity index (χ3v) is 6.33. The maximum Gasteiger partial charge on any atom is 0.317 e. The van der Waals surface area contributed by atoms with E-state index >= 15 is 0 Å². The third kappa shape index (κ3) is 6.32. The number of urea groups is 1. The predicted molar refractivity (Wildman–Crippen MR) is 100 cm³/mol. The van der Waals surface area contributed by atoms with Gasteiger partial charge in [0.05, 0.1) is 5.75 Å². The quantitative estimate of drug-likeness (QED) is 0.802. The fourth-order valence-electron chi connectivity index (χ4n) is 2.95. The van der Waals surface area contributed by atoms with Crippen molar-refractivity contribution in [2.45, 2.75) is 32.6 Å². The first-order chi connectivity index (χ1) is 12.0. The summed E-state index contributed by atoms with van der Waals surface area (Å²) >= 11 is 0. The Balaban J connectivity index is 1.82. The Bertz CT molecular complexity index is 634. The van der Waals surface area contributed by atoms with Gasteiger partial charge in [0, 0.05) is 32.7 Å². The second-order valence-electron chi connectivity index (χ2n) is 6.38. The Hall–Kier alpha value is -1.60. The molecule has 1 heterocycles. The maximum atomic E-state index is 12.6. The van der Waals surface area contributed by atoms with Gasteiger partial charge in [-0.25, -0.2) is 17.5 Å². The second kappa shape index (κ2) is 9.77. The van der Waals surface area contributed by atoms with Gasteiger partial charge < -0.3 is 10.2 Å². The fraction of sp³-hybridized carbons (Fsp3) is 0.611. The Morgan fingerprint density at radius 2 is 1.88 bits per heavy atom. The molecule has 1 N–H and O–H groups in total. The number of nitrogens with zero attached hydrogens (tertiary/aromatic N) is 2. The van der Waals surface area contributed by atoms with E-state index in [1.165, 1.54) is 0 Å². The van der Waals surface area contributed by atoms with Crippen molar-refractivity contribution in [3.05, 3.63) is 35.9 Å². The lowest BCUT2D eigenvalue weighted by molar-refractivity contribution is 0.200. The van der Waals surface area contributed by atoms with Gasteiger partial charge >= 0.3 is 6.03 Å². The number of benzene rings is 1. The van der Waals surface area contributed by atoms with Crippen LogP contribution < -0.4 is 5.32 Å². The van der Waals surface area contributed by atoms with E-state index < -0.39 is 10.0 Å². The molecule has 0 atom stereocenters. The monoisotopic (exact) mass is 367 g/mol. The average Bonchev–Trinajstić information content (AvgIpc) is 2.87. The summed E-state index contributed by atoms with van der Waals surface area (Å²) in [6.45, 7) is 4.58. The normalized spacial score (nSPS) is 16.4. The van der Waals surface area contributed by atoms with E-state index in [-0.39, 0.29) is 11.8 Å². The van der Waals surface area contributed by atoms with E-state index in [1.807, 2.05) is 37.3 Å². The number of nitrogens with one attached hydrogen (secondary N) is 1. The van der Waals surface area contributed by atoms with E-state index in [2.05, 4.69) is 5.32 Å². The maximum absolute atomic E-state index is 12.6. The van der Waals surface area contributed by atoms with E-state index in [0.29, 0.717) is 45.6 Å². The van der Waals surface area contributed by atoms with Gasteiger partial charge in [-0.05, 0) is 31.2 Å². The molecule has 0 bridgehead atoms. The third-order valence-electron chi connectivity index (χ3n) is 4.37. The highest BCUT2D eigenvalue weighted by atomic mass is 32.2. The van der Waals surface area contributed by atoms with Crippen molar-refractivity contribution in [2.24, 2.45) is 0 Å². The van der Waals surface area contributed by atoms with Gasteiger partial charge in [0.1, 0.15) is 0 Å². The minimum atomic E-state index is -3.27. The van der Waals surface area contributed by atoms with Gasteiger partial charge in [0.25, 0.3) is 0 Å². The largest absolute Gasteiger partial charge is 0.338 e. The molecule has 1 aliphatic heterocycles. The number of aryl methyl sites for hydroxylation is 1. The molecule has 6 nitrogen and oxygen atoms in total. The van der Waals surface area contributed by atoms with Crippen molar-refractivity contribution >= 4 is 16.1 Å². The van der Waals surface area contributed by atoms with Crippen LogP contribution in [-0.2, 0) is 16.4 Å². The lowest BCUT2D eigenvalue weighted by atomic mass is 10.1. The van der Waals surface area contributed by atoms with Crippen LogP contribution in [0.1, 0.15) is 31.7 Å². The molecule has 7 heteroatoms. The summed E-state index contributed by atoms with van der Waals surface area (Å²) in [7, 11) is -3.27. The van der Waals surface area contributed by atoms with Crippen LogP contribution in [0.4, 0.5) is 4.79 Å². The van der Waals surface area contributed by atoms with Gasteiger partial charge in [-0.3, -0.25) is 0 Å². The summed E-state index contributed by atoms with van der Waals surface area (Å²) in [5.41, 5.74) is 1.16. The first kappa shape index (κ1) is 19.7. The summed E-state index contributed by atoms with van der Waals surface area (Å²) in [5.74, 6) is 0.157. The number of rotatable bonds is 7. The molecule has 25 heavy (non-hydrogen) atoms. The molecule has 0 aromatic heterocycles. The summed E-state index contributed by atoms with van der Waals surface area (Å²) < 4.78 is 26.7. The first-order valence-electron chi connectivity index (χ1n) is 9.07. The number of carbonyl (C=O) groups is 1. The predicted octanol–water partition coefficient (Wildman–Crippen LogP) is 2.08. The lowest BCUT2D eigenvalue weighted by Gasteiger charge is -2.22. The van der Waals surface area contributed by atoms with Crippen molar-refractivity contribution in [3.63, 3.8) is 0 Å². The smallest absolute Gasteiger partial charge is 0.317 e. The molecule has 1 aromatic rings. The summed E-state index contributed by atoms with van der Waals surface area (Å²) in [5, 5.41) is 2.85. The highest BCUT2D eigenvalue weighted by molar-refractivity contribution is 7.89. The van der Waals surface area contributed by atoms with E-state index in [1.54, 1.807) is 9.21 Å². The van der Waals surface area contributed by atoms with Gasteiger partial charge in [0.15, 0.2) is 0 Å². The molecule has 2 amide bonds. The van der Waals surface area contributed by atoms with Crippen LogP contribution in [0, 0.1) is 0 Å². The molecule has 1 aliphatic rings. The number of carbonyl (C=O) groups excluding carboxylic acids is 1. The van der Waals surface area contributed by atoms with Crippen molar-refractivity contribution in [1.82, 2.24) is 14.5 Å². The van der Waals surface area contributed by atoms with Crippen LogP contribution in [0.2, 0.25) is 0 Å². The van der Waals surface area contributed by atoms with E-state index in [0.717, 1.165) is 18.4 Å². The highest BCUT2D eigenvalue weighted by Crippen LogP contribution is 2.12.